The summed E-state index contributed by atoms with van der Waals surface area (Å²) in [6.45, 7) is -0.0292. The average Bonchev–Trinajstić information content (AvgIpc) is 2.14. The van der Waals surface area contributed by atoms with E-state index in [0.29, 0.717) is 10.8 Å². The molecule has 0 aliphatic carbocycles. The van der Waals surface area contributed by atoms with Gasteiger partial charge in [0.05, 0.1) is 0 Å². The first-order valence-electron chi connectivity index (χ1n) is 4.43. The molecule has 0 fully saturated rings. The highest BCUT2D eigenvalue weighted by atomic mass is 35.5. The molecule has 4 nitrogen and oxygen atoms in total. The molecule has 0 aromatic heterocycles. The number of hydrazine groups is 1. The second kappa shape index (κ2) is 5.58. The van der Waals surface area contributed by atoms with Gasteiger partial charge in [-0.2, -0.15) is 0 Å². The Labute approximate surface area is 93.7 Å². The fourth-order valence-electron chi connectivity index (χ4n) is 0.987. The number of rotatable bonds is 4. The molecule has 1 N–H and O–H groups in total. The van der Waals surface area contributed by atoms with Crippen molar-refractivity contribution in [2.45, 2.75) is 0 Å². The highest BCUT2D eigenvalue weighted by Crippen LogP contribution is 2.16. The number of halogens is 1. The van der Waals surface area contributed by atoms with Gasteiger partial charge in [-0.15, -0.1) is 0 Å². The zero-order valence-corrected chi connectivity index (χ0v) is 9.41. The minimum atomic E-state index is -0.208. The summed E-state index contributed by atoms with van der Waals surface area (Å²) in [6.07, 6.45) is 0. The van der Waals surface area contributed by atoms with Crippen molar-refractivity contribution < 1.29 is 9.53 Å². The zero-order valence-electron chi connectivity index (χ0n) is 8.66. The van der Waals surface area contributed by atoms with Crippen LogP contribution in [0.1, 0.15) is 0 Å². The van der Waals surface area contributed by atoms with E-state index in [0.717, 1.165) is 0 Å². The van der Waals surface area contributed by atoms with Crippen LogP contribution in [0.4, 0.5) is 0 Å². The van der Waals surface area contributed by atoms with Gasteiger partial charge < -0.3 is 4.74 Å². The van der Waals surface area contributed by atoms with Crippen molar-refractivity contribution in [3.05, 3.63) is 29.3 Å². The molecule has 0 aliphatic rings. The second-order valence-electron chi connectivity index (χ2n) is 3.18. The Morgan fingerprint density at radius 3 is 2.87 bits per heavy atom. The van der Waals surface area contributed by atoms with E-state index in [9.17, 15) is 4.79 Å². The van der Waals surface area contributed by atoms with Crippen LogP contribution < -0.4 is 10.2 Å². The first-order chi connectivity index (χ1) is 7.08. The number of ether oxygens (including phenoxy) is 1. The molecule has 1 amide bonds. The molecule has 15 heavy (non-hydrogen) atoms. The van der Waals surface area contributed by atoms with Crippen molar-refractivity contribution in [3.8, 4) is 5.75 Å². The molecule has 0 aliphatic heterocycles. The van der Waals surface area contributed by atoms with E-state index < -0.39 is 0 Å². The number of benzene rings is 1. The lowest BCUT2D eigenvalue weighted by atomic mass is 10.3. The quantitative estimate of drug-likeness (QED) is 0.791. The van der Waals surface area contributed by atoms with Crippen molar-refractivity contribution in [1.29, 1.82) is 0 Å². The third kappa shape index (κ3) is 4.67. The molecule has 0 unspecified atom stereocenters. The van der Waals surface area contributed by atoms with Crippen molar-refractivity contribution in [3.63, 3.8) is 0 Å². The van der Waals surface area contributed by atoms with E-state index in [4.69, 9.17) is 16.3 Å². The lowest BCUT2D eigenvalue weighted by Gasteiger charge is -2.12. The van der Waals surface area contributed by atoms with Crippen LogP contribution in [-0.2, 0) is 4.79 Å². The third-order valence-corrected chi connectivity index (χ3v) is 1.75. The Balaban J connectivity index is 2.40. The molecule has 0 bridgehead atoms. The van der Waals surface area contributed by atoms with Crippen LogP contribution in [0.3, 0.4) is 0 Å². The Hall–Kier alpha value is -1.26. The van der Waals surface area contributed by atoms with Gasteiger partial charge in [-0.1, -0.05) is 17.7 Å². The fraction of sp³-hybridized carbons (Fsp3) is 0.300. The molecule has 0 atom stereocenters. The number of hydrogen-bond acceptors (Lipinski definition) is 3. The lowest BCUT2D eigenvalue weighted by molar-refractivity contribution is -0.126. The summed E-state index contributed by atoms with van der Waals surface area (Å²) in [6, 6.07) is 6.91. The number of carbonyl (C=O) groups excluding carboxylic acids is 1. The van der Waals surface area contributed by atoms with Crippen molar-refractivity contribution in [1.82, 2.24) is 10.4 Å². The third-order valence-electron chi connectivity index (χ3n) is 1.51. The standard InChI is InChI=1S/C10H13ClN2O2/c1-13(2)12-10(14)7-15-9-5-3-4-8(11)6-9/h3-6H,7H2,1-2H3,(H,12,14). The zero-order chi connectivity index (χ0) is 11.3. The smallest absolute Gasteiger partial charge is 0.272 e. The summed E-state index contributed by atoms with van der Waals surface area (Å²) in [5.41, 5.74) is 2.56. The molecule has 0 heterocycles. The Kier molecular flexibility index (Phi) is 4.39. The number of carbonyl (C=O) groups is 1. The molecule has 82 valence electrons. The lowest BCUT2D eigenvalue weighted by Crippen LogP contribution is -2.39. The highest BCUT2D eigenvalue weighted by molar-refractivity contribution is 6.30. The van der Waals surface area contributed by atoms with Gasteiger partial charge in [0.25, 0.3) is 5.91 Å². The molecule has 5 heteroatoms. The van der Waals surface area contributed by atoms with Crippen LogP contribution in [0, 0.1) is 0 Å². The number of nitrogens with zero attached hydrogens (tertiary/aromatic N) is 1. The number of hydrogen-bond donors (Lipinski definition) is 1. The Bertz CT molecular complexity index is 342. The minimum absolute atomic E-state index is 0.0292. The number of nitrogens with one attached hydrogen (secondary N) is 1. The summed E-state index contributed by atoms with van der Waals surface area (Å²) in [4.78, 5) is 11.2. The molecule has 1 aromatic rings. The van der Waals surface area contributed by atoms with Gasteiger partial charge in [0.1, 0.15) is 5.75 Å². The first-order valence-corrected chi connectivity index (χ1v) is 4.81. The second-order valence-corrected chi connectivity index (χ2v) is 3.61. The van der Waals surface area contributed by atoms with E-state index in [1.54, 1.807) is 43.4 Å². The van der Waals surface area contributed by atoms with Crippen molar-refractivity contribution in [2.24, 2.45) is 0 Å². The maximum Gasteiger partial charge on any atom is 0.272 e. The van der Waals surface area contributed by atoms with E-state index in [1.165, 1.54) is 0 Å². The van der Waals surface area contributed by atoms with Crippen LogP contribution in [-0.4, -0.2) is 31.6 Å². The summed E-state index contributed by atoms with van der Waals surface area (Å²) < 4.78 is 5.23. The molecule has 0 spiro atoms. The molecule has 1 aromatic carbocycles. The van der Waals surface area contributed by atoms with Crippen LogP contribution in [0.15, 0.2) is 24.3 Å². The maximum atomic E-state index is 11.2. The summed E-state index contributed by atoms with van der Waals surface area (Å²) in [7, 11) is 3.47. The Morgan fingerprint density at radius 2 is 2.27 bits per heavy atom. The molecule has 0 saturated carbocycles. The van der Waals surface area contributed by atoms with E-state index in [2.05, 4.69) is 5.43 Å². The van der Waals surface area contributed by atoms with E-state index in [1.807, 2.05) is 0 Å². The van der Waals surface area contributed by atoms with Gasteiger partial charge in [0, 0.05) is 19.1 Å². The molecule has 0 saturated heterocycles. The summed E-state index contributed by atoms with van der Waals surface area (Å²) >= 11 is 5.76. The molecule has 1 rings (SSSR count). The van der Waals surface area contributed by atoms with Gasteiger partial charge >= 0.3 is 0 Å². The van der Waals surface area contributed by atoms with Crippen LogP contribution in [0.2, 0.25) is 5.02 Å². The number of amides is 1. The minimum Gasteiger partial charge on any atom is -0.484 e. The maximum absolute atomic E-state index is 11.2. The monoisotopic (exact) mass is 228 g/mol. The molecular formula is C10H13ClN2O2. The average molecular weight is 229 g/mol. The molecular weight excluding hydrogens is 216 g/mol. The van der Waals surface area contributed by atoms with Crippen molar-refractivity contribution >= 4 is 17.5 Å². The van der Waals surface area contributed by atoms with Crippen molar-refractivity contribution in [2.75, 3.05) is 20.7 Å². The highest BCUT2D eigenvalue weighted by Gasteiger charge is 2.03. The van der Waals surface area contributed by atoms with Crippen LogP contribution in [0.25, 0.3) is 0 Å². The van der Waals surface area contributed by atoms with Gasteiger partial charge in [0.15, 0.2) is 6.61 Å². The van der Waals surface area contributed by atoms with Gasteiger partial charge in [-0.3, -0.25) is 10.2 Å². The van der Waals surface area contributed by atoms with Gasteiger partial charge in [-0.25, -0.2) is 5.01 Å². The normalized spacial score (nSPS) is 10.1. The summed E-state index contributed by atoms with van der Waals surface area (Å²) in [5.74, 6) is 0.372. The Morgan fingerprint density at radius 1 is 1.53 bits per heavy atom. The fourth-order valence-corrected chi connectivity index (χ4v) is 1.17. The van der Waals surface area contributed by atoms with Crippen LogP contribution in [0.5, 0.6) is 5.75 Å². The van der Waals surface area contributed by atoms with Gasteiger partial charge in [0.2, 0.25) is 0 Å². The molecule has 0 radical (unpaired) electrons. The first kappa shape index (κ1) is 11.8. The van der Waals surface area contributed by atoms with Crippen LogP contribution >= 0.6 is 11.6 Å². The topological polar surface area (TPSA) is 41.6 Å². The summed E-state index contributed by atoms with van der Waals surface area (Å²) in [5, 5.41) is 2.14. The SMILES string of the molecule is CN(C)NC(=O)COc1cccc(Cl)c1. The predicted molar refractivity (Wildman–Crippen MR) is 58.8 cm³/mol. The van der Waals surface area contributed by atoms with Gasteiger partial charge in [-0.05, 0) is 18.2 Å². The predicted octanol–water partition coefficient (Wildman–Crippen LogP) is 1.31. The van der Waals surface area contributed by atoms with E-state index in [-0.39, 0.29) is 12.5 Å². The largest absolute Gasteiger partial charge is 0.484 e. The van der Waals surface area contributed by atoms with E-state index >= 15 is 0 Å².